The van der Waals surface area contributed by atoms with Crippen LogP contribution in [0.5, 0.6) is 0 Å². The lowest BCUT2D eigenvalue weighted by Gasteiger charge is -2.09. The van der Waals surface area contributed by atoms with E-state index in [-0.39, 0.29) is 11.3 Å². The van der Waals surface area contributed by atoms with Crippen molar-refractivity contribution in [1.29, 1.82) is 5.26 Å². The number of halogens is 4. The molecule has 0 unspecified atom stereocenters. The number of aromatic nitrogens is 1. The van der Waals surface area contributed by atoms with Crippen molar-refractivity contribution < 1.29 is 18.0 Å². The van der Waals surface area contributed by atoms with E-state index in [0.717, 1.165) is 28.6 Å². The van der Waals surface area contributed by atoms with Gasteiger partial charge in [0.2, 0.25) is 0 Å². The fourth-order valence-corrected chi connectivity index (χ4v) is 3.80. The maximum Gasteiger partial charge on any atom is 0.416 e. The van der Waals surface area contributed by atoms with Gasteiger partial charge in [0.15, 0.2) is 0 Å². The lowest BCUT2D eigenvalue weighted by molar-refractivity contribution is -0.137. The zero-order chi connectivity index (χ0) is 24.3. The fourth-order valence-electron chi connectivity index (χ4n) is 3.61. The van der Waals surface area contributed by atoms with Gasteiger partial charge in [0, 0.05) is 39.9 Å². The van der Waals surface area contributed by atoms with Gasteiger partial charge in [-0.15, -0.1) is 0 Å². The van der Waals surface area contributed by atoms with Crippen molar-refractivity contribution >= 4 is 40.2 Å². The molecule has 0 aliphatic carbocycles. The van der Waals surface area contributed by atoms with Gasteiger partial charge in [-0.2, -0.15) is 18.4 Å². The van der Waals surface area contributed by atoms with Crippen LogP contribution in [-0.2, 0) is 17.5 Å². The first-order chi connectivity index (χ1) is 16.3. The van der Waals surface area contributed by atoms with E-state index < -0.39 is 17.6 Å². The van der Waals surface area contributed by atoms with Crippen LogP contribution < -0.4 is 5.32 Å². The Morgan fingerprint density at radius 2 is 1.79 bits per heavy atom. The summed E-state index contributed by atoms with van der Waals surface area (Å²) in [5, 5.41) is 13.4. The fraction of sp³-hybridized carbons (Fsp3) is 0.0769. The molecule has 1 heterocycles. The lowest BCUT2D eigenvalue weighted by Crippen LogP contribution is -2.14. The second kappa shape index (κ2) is 9.46. The summed E-state index contributed by atoms with van der Waals surface area (Å²) < 4.78 is 40.8. The van der Waals surface area contributed by atoms with Crippen molar-refractivity contribution in [3.63, 3.8) is 0 Å². The first-order valence-electron chi connectivity index (χ1n) is 10.2. The van der Waals surface area contributed by atoms with Crippen molar-refractivity contribution in [3.8, 4) is 6.07 Å². The molecule has 1 aromatic heterocycles. The number of carbonyl (C=O) groups excluding carboxylic acids is 1. The van der Waals surface area contributed by atoms with Gasteiger partial charge in [-0.3, -0.25) is 4.79 Å². The zero-order valence-corrected chi connectivity index (χ0v) is 18.4. The molecule has 0 aliphatic heterocycles. The van der Waals surface area contributed by atoms with Gasteiger partial charge >= 0.3 is 6.18 Å². The molecule has 0 radical (unpaired) electrons. The summed E-state index contributed by atoms with van der Waals surface area (Å²) in [7, 11) is 0. The summed E-state index contributed by atoms with van der Waals surface area (Å²) in [6, 6.07) is 21.0. The molecule has 1 N–H and O–H groups in total. The molecular formula is C26H17ClF3N3O. The van der Waals surface area contributed by atoms with Crippen LogP contribution in [-0.4, -0.2) is 10.5 Å². The van der Waals surface area contributed by atoms with Crippen molar-refractivity contribution in [2.45, 2.75) is 12.7 Å². The monoisotopic (exact) mass is 479 g/mol. The van der Waals surface area contributed by atoms with Gasteiger partial charge < -0.3 is 9.88 Å². The Morgan fingerprint density at radius 1 is 1.06 bits per heavy atom. The molecule has 0 atom stereocenters. The molecule has 170 valence electrons. The van der Waals surface area contributed by atoms with E-state index in [1.54, 1.807) is 6.07 Å². The van der Waals surface area contributed by atoms with Crippen molar-refractivity contribution in [1.82, 2.24) is 4.57 Å². The van der Waals surface area contributed by atoms with E-state index in [0.29, 0.717) is 17.1 Å². The number of alkyl halides is 3. The average Bonchev–Trinajstić information content (AvgIpc) is 3.15. The Bertz CT molecular complexity index is 1450. The van der Waals surface area contributed by atoms with E-state index in [2.05, 4.69) is 5.32 Å². The number of fused-ring (bicyclic) bond motifs is 1. The third-order valence-corrected chi connectivity index (χ3v) is 5.60. The summed E-state index contributed by atoms with van der Waals surface area (Å²) >= 11 is 6.31. The predicted molar refractivity (Wildman–Crippen MR) is 126 cm³/mol. The van der Waals surface area contributed by atoms with Crippen LogP contribution in [0, 0.1) is 11.3 Å². The minimum Gasteiger partial charge on any atom is -0.342 e. The Labute approximate surface area is 198 Å². The van der Waals surface area contributed by atoms with E-state index in [9.17, 15) is 23.2 Å². The van der Waals surface area contributed by atoms with Gasteiger partial charge in [-0.25, -0.2) is 0 Å². The highest BCUT2D eigenvalue weighted by molar-refractivity contribution is 6.31. The highest BCUT2D eigenvalue weighted by Gasteiger charge is 2.30. The number of anilines is 1. The van der Waals surface area contributed by atoms with Crippen LogP contribution >= 0.6 is 11.6 Å². The molecule has 0 fully saturated rings. The summed E-state index contributed by atoms with van der Waals surface area (Å²) in [5.74, 6) is -0.801. The number of hydrogen-bond donors (Lipinski definition) is 1. The molecule has 3 aromatic carbocycles. The topological polar surface area (TPSA) is 57.8 Å². The normalized spacial score (nSPS) is 11.9. The van der Waals surface area contributed by atoms with Crippen LogP contribution in [0.2, 0.25) is 5.02 Å². The minimum atomic E-state index is -4.54. The number of benzene rings is 3. The van der Waals surface area contributed by atoms with Gasteiger partial charge in [0.05, 0.1) is 5.56 Å². The SMILES string of the molecule is N#C/C(=C/c1cn(Cc2ccccc2Cl)c2ccccc12)C(=O)Nc1cccc(C(F)(F)F)c1. The molecular weight excluding hydrogens is 463 g/mol. The molecule has 0 saturated heterocycles. The van der Waals surface area contributed by atoms with Gasteiger partial charge in [-0.05, 0) is 42.0 Å². The first kappa shape index (κ1) is 23.1. The number of rotatable bonds is 5. The third-order valence-electron chi connectivity index (χ3n) is 5.23. The molecule has 1 amide bonds. The van der Waals surface area contributed by atoms with Crippen LogP contribution in [0.4, 0.5) is 18.9 Å². The Balaban J connectivity index is 1.66. The molecule has 0 bridgehead atoms. The number of hydrogen-bond acceptors (Lipinski definition) is 2. The second-order valence-corrected chi connectivity index (χ2v) is 7.93. The van der Waals surface area contributed by atoms with Crippen LogP contribution in [0.1, 0.15) is 16.7 Å². The zero-order valence-electron chi connectivity index (χ0n) is 17.6. The van der Waals surface area contributed by atoms with Gasteiger partial charge in [-0.1, -0.05) is 54.1 Å². The highest BCUT2D eigenvalue weighted by atomic mass is 35.5. The van der Waals surface area contributed by atoms with E-state index in [1.807, 2.05) is 59.3 Å². The maximum absolute atomic E-state index is 13.0. The molecule has 0 aliphatic rings. The van der Waals surface area contributed by atoms with Crippen LogP contribution in [0.25, 0.3) is 17.0 Å². The number of nitrogens with zero attached hydrogens (tertiary/aromatic N) is 2. The smallest absolute Gasteiger partial charge is 0.342 e. The number of carbonyl (C=O) groups is 1. The van der Waals surface area contributed by atoms with E-state index in [4.69, 9.17) is 11.6 Å². The summed E-state index contributed by atoms with van der Waals surface area (Å²) in [6.45, 7) is 0.479. The van der Waals surface area contributed by atoms with Crippen molar-refractivity contribution in [2.75, 3.05) is 5.32 Å². The minimum absolute atomic E-state index is 0.0536. The highest BCUT2D eigenvalue weighted by Crippen LogP contribution is 2.31. The molecule has 4 aromatic rings. The van der Waals surface area contributed by atoms with Crippen LogP contribution in [0.15, 0.2) is 84.6 Å². The standard InChI is InChI=1S/C26H17ClF3N3O/c27-23-10-3-1-6-17(23)15-33-16-19(22-9-2-4-11-24(22)33)12-18(14-31)25(34)32-21-8-5-7-20(13-21)26(28,29)30/h1-13,16H,15H2,(H,32,34)/b18-12-. The molecule has 4 rings (SSSR count). The lowest BCUT2D eigenvalue weighted by atomic mass is 10.1. The van der Waals surface area contributed by atoms with Gasteiger partial charge in [0.25, 0.3) is 5.91 Å². The second-order valence-electron chi connectivity index (χ2n) is 7.52. The summed E-state index contributed by atoms with van der Waals surface area (Å²) in [4.78, 5) is 12.7. The molecule has 0 saturated carbocycles. The van der Waals surface area contributed by atoms with E-state index in [1.165, 1.54) is 18.2 Å². The van der Waals surface area contributed by atoms with E-state index >= 15 is 0 Å². The molecule has 0 spiro atoms. The molecule has 4 nitrogen and oxygen atoms in total. The Morgan fingerprint density at radius 3 is 2.53 bits per heavy atom. The summed E-state index contributed by atoms with van der Waals surface area (Å²) in [5.41, 5.74) is 1.22. The number of amides is 1. The van der Waals surface area contributed by atoms with Crippen LogP contribution in [0.3, 0.4) is 0 Å². The predicted octanol–water partition coefficient (Wildman–Crippen LogP) is 6.91. The molecule has 34 heavy (non-hydrogen) atoms. The Hall–Kier alpha value is -4.02. The Kier molecular flexibility index (Phi) is 6.44. The summed E-state index contributed by atoms with van der Waals surface area (Å²) in [6.07, 6.45) is -1.31. The largest absolute Gasteiger partial charge is 0.416 e. The number of nitrogens with one attached hydrogen (secondary N) is 1. The average molecular weight is 480 g/mol. The van der Waals surface area contributed by atoms with Gasteiger partial charge in [0.1, 0.15) is 11.6 Å². The first-order valence-corrected chi connectivity index (χ1v) is 10.6. The van der Waals surface area contributed by atoms with Crippen molar-refractivity contribution in [2.24, 2.45) is 0 Å². The number of nitriles is 1. The molecule has 8 heteroatoms. The maximum atomic E-state index is 13.0. The third kappa shape index (κ3) is 4.98. The quantitative estimate of drug-likeness (QED) is 0.250. The van der Waals surface area contributed by atoms with Crippen molar-refractivity contribution in [3.05, 3.63) is 106 Å². The number of para-hydroxylation sites is 1.